The third-order valence-electron chi connectivity index (χ3n) is 0.872. The maximum atomic E-state index is 9.22. The van der Waals surface area contributed by atoms with E-state index in [4.69, 9.17) is 9.90 Å². The topological polar surface area (TPSA) is 80.4 Å². The number of carbonyl (C=O) groups excluding carboxylic acids is 2. The number of carbonyl (C=O) groups is 2. The molecule has 1 aromatic rings. The first-order valence-electron chi connectivity index (χ1n) is 3.15. The molecular formula is C8H9NO3. The second kappa shape index (κ2) is 5.91. The number of primary amides is 1. The Morgan fingerprint density at radius 1 is 1.33 bits per heavy atom. The highest BCUT2D eigenvalue weighted by atomic mass is 16.3. The molecule has 0 saturated heterocycles. The summed E-state index contributed by atoms with van der Waals surface area (Å²) in [5, 5.41) is 8.63. The first kappa shape index (κ1) is 10.2. The van der Waals surface area contributed by atoms with Crippen LogP contribution in [-0.4, -0.2) is 17.3 Å². The molecule has 0 heterocycles. The quantitative estimate of drug-likeness (QED) is 0.458. The van der Waals surface area contributed by atoms with E-state index in [0.29, 0.717) is 5.75 Å². The SMILES string of the molecule is NC(=O)C=O.Oc1ccccc1. The van der Waals surface area contributed by atoms with Gasteiger partial charge in [0.15, 0.2) is 0 Å². The molecule has 0 atom stereocenters. The molecule has 0 bridgehead atoms. The molecule has 64 valence electrons. The number of aromatic hydroxyl groups is 1. The number of hydrogen-bond donors (Lipinski definition) is 2. The van der Waals surface area contributed by atoms with E-state index in [1.54, 1.807) is 24.3 Å². The molecule has 1 aromatic carbocycles. The molecule has 3 N–H and O–H groups in total. The second-order valence-corrected chi connectivity index (χ2v) is 1.86. The average molecular weight is 167 g/mol. The zero-order valence-electron chi connectivity index (χ0n) is 6.31. The molecule has 4 nitrogen and oxygen atoms in total. The number of phenols is 1. The van der Waals surface area contributed by atoms with Crippen molar-refractivity contribution in [2.24, 2.45) is 5.73 Å². The fraction of sp³-hybridized carbons (Fsp3) is 0. The summed E-state index contributed by atoms with van der Waals surface area (Å²) in [5.41, 5.74) is 4.28. The summed E-state index contributed by atoms with van der Waals surface area (Å²) in [6.07, 6.45) is 0.0556. The van der Waals surface area contributed by atoms with E-state index in [2.05, 4.69) is 5.73 Å². The van der Waals surface area contributed by atoms with Crippen LogP contribution in [0.1, 0.15) is 0 Å². The smallest absolute Gasteiger partial charge is 0.281 e. The Morgan fingerprint density at radius 3 is 1.92 bits per heavy atom. The first-order chi connectivity index (χ1) is 5.66. The lowest BCUT2D eigenvalue weighted by Crippen LogP contribution is -2.10. The van der Waals surface area contributed by atoms with Gasteiger partial charge in [-0.3, -0.25) is 9.59 Å². The number of para-hydroxylation sites is 1. The fourth-order valence-corrected chi connectivity index (χ4v) is 0.428. The van der Waals surface area contributed by atoms with E-state index >= 15 is 0 Å². The van der Waals surface area contributed by atoms with Crippen LogP contribution in [0.25, 0.3) is 0 Å². The molecule has 4 heteroatoms. The van der Waals surface area contributed by atoms with Crippen molar-refractivity contribution in [3.8, 4) is 5.75 Å². The van der Waals surface area contributed by atoms with Gasteiger partial charge in [0, 0.05) is 0 Å². The van der Waals surface area contributed by atoms with Crippen molar-refractivity contribution in [3.05, 3.63) is 30.3 Å². The van der Waals surface area contributed by atoms with Gasteiger partial charge in [0.2, 0.25) is 6.29 Å². The first-order valence-corrected chi connectivity index (χ1v) is 3.15. The van der Waals surface area contributed by atoms with Crippen LogP contribution in [0, 0.1) is 0 Å². The van der Waals surface area contributed by atoms with Gasteiger partial charge in [-0.2, -0.15) is 0 Å². The molecule has 0 aliphatic heterocycles. The summed E-state index contributed by atoms with van der Waals surface area (Å²) in [7, 11) is 0. The largest absolute Gasteiger partial charge is 0.508 e. The van der Waals surface area contributed by atoms with E-state index in [-0.39, 0.29) is 6.29 Å². The zero-order valence-corrected chi connectivity index (χ0v) is 6.31. The number of aldehydes is 1. The lowest BCUT2D eigenvalue weighted by atomic mass is 10.3. The standard InChI is InChI=1S/C6H6O.C2H3NO2/c7-6-4-2-1-3-5-6;3-2(5)1-4/h1-5,7H;1H,(H2,3,5). The van der Waals surface area contributed by atoms with Gasteiger partial charge in [0.25, 0.3) is 5.91 Å². The lowest BCUT2D eigenvalue weighted by molar-refractivity contribution is -0.129. The Morgan fingerprint density at radius 2 is 1.75 bits per heavy atom. The molecule has 0 aliphatic rings. The number of hydrogen-bond acceptors (Lipinski definition) is 3. The number of nitrogens with two attached hydrogens (primary N) is 1. The highest BCUT2D eigenvalue weighted by Gasteiger charge is 1.76. The number of amides is 1. The molecule has 0 fully saturated rings. The van der Waals surface area contributed by atoms with E-state index in [0.717, 1.165) is 0 Å². The molecule has 0 spiro atoms. The maximum Gasteiger partial charge on any atom is 0.281 e. The van der Waals surface area contributed by atoms with Crippen molar-refractivity contribution in [3.63, 3.8) is 0 Å². The van der Waals surface area contributed by atoms with Gasteiger partial charge in [-0.05, 0) is 12.1 Å². The van der Waals surface area contributed by atoms with Crippen molar-refractivity contribution in [2.75, 3.05) is 0 Å². The highest BCUT2D eigenvalue weighted by molar-refractivity contribution is 6.22. The third kappa shape index (κ3) is 6.28. The van der Waals surface area contributed by atoms with Gasteiger partial charge in [0.1, 0.15) is 5.75 Å². The van der Waals surface area contributed by atoms with Crippen LogP contribution < -0.4 is 5.73 Å². The van der Waals surface area contributed by atoms with E-state index < -0.39 is 5.91 Å². The normalized spacial score (nSPS) is 7.67. The summed E-state index contributed by atoms with van der Waals surface area (Å²) in [5.74, 6) is -0.604. The van der Waals surface area contributed by atoms with Crippen LogP contribution in [-0.2, 0) is 9.59 Å². The summed E-state index contributed by atoms with van der Waals surface area (Å²) < 4.78 is 0. The Balaban J connectivity index is 0.000000217. The summed E-state index contributed by atoms with van der Waals surface area (Å²) in [6, 6.07) is 8.71. The Kier molecular flexibility index (Phi) is 5.00. The average Bonchev–Trinajstić information content (AvgIpc) is 2.07. The van der Waals surface area contributed by atoms with Crippen molar-refractivity contribution in [1.29, 1.82) is 0 Å². The van der Waals surface area contributed by atoms with Crippen molar-refractivity contribution in [1.82, 2.24) is 0 Å². The number of benzene rings is 1. The van der Waals surface area contributed by atoms with Gasteiger partial charge in [-0.15, -0.1) is 0 Å². The molecule has 0 aliphatic carbocycles. The maximum absolute atomic E-state index is 9.22. The van der Waals surface area contributed by atoms with E-state index in [9.17, 15) is 4.79 Å². The Labute approximate surface area is 69.6 Å². The fourth-order valence-electron chi connectivity index (χ4n) is 0.428. The van der Waals surface area contributed by atoms with Crippen molar-refractivity contribution >= 4 is 12.2 Å². The van der Waals surface area contributed by atoms with Gasteiger partial charge in [0.05, 0.1) is 0 Å². The van der Waals surface area contributed by atoms with Crippen LogP contribution in [0.2, 0.25) is 0 Å². The predicted octanol–water partition coefficient (Wildman–Crippen LogP) is 0.0628. The summed E-state index contributed by atoms with van der Waals surface area (Å²) in [6.45, 7) is 0. The lowest BCUT2D eigenvalue weighted by Gasteiger charge is -1.82. The van der Waals surface area contributed by atoms with Crippen LogP contribution in [0.15, 0.2) is 30.3 Å². The van der Waals surface area contributed by atoms with Crippen LogP contribution in [0.4, 0.5) is 0 Å². The van der Waals surface area contributed by atoms with Gasteiger partial charge in [-0.1, -0.05) is 18.2 Å². The minimum absolute atomic E-state index is 0.0556. The Hall–Kier alpha value is -1.84. The molecule has 0 radical (unpaired) electrons. The number of rotatable bonds is 1. The summed E-state index contributed by atoms with van der Waals surface area (Å²) in [4.78, 5) is 18.3. The monoisotopic (exact) mass is 167 g/mol. The van der Waals surface area contributed by atoms with Gasteiger partial charge >= 0.3 is 0 Å². The van der Waals surface area contributed by atoms with Crippen molar-refractivity contribution in [2.45, 2.75) is 0 Å². The molecule has 12 heavy (non-hydrogen) atoms. The number of phenolic OH excluding ortho intramolecular Hbond substituents is 1. The molecule has 1 rings (SSSR count). The van der Waals surface area contributed by atoms with Crippen molar-refractivity contribution < 1.29 is 14.7 Å². The Bertz CT molecular complexity index is 246. The minimum atomic E-state index is -0.926. The highest BCUT2D eigenvalue weighted by Crippen LogP contribution is 2.02. The summed E-state index contributed by atoms with van der Waals surface area (Å²) >= 11 is 0. The van der Waals surface area contributed by atoms with Crippen LogP contribution in [0.5, 0.6) is 5.75 Å². The van der Waals surface area contributed by atoms with Gasteiger partial charge < -0.3 is 10.8 Å². The van der Waals surface area contributed by atoms with Gasteiger partial charge in [-0.25, -0.2) is 0 Å². The molecule has 1 amide bonds. The van der Waals surface area contributed by atoms with Crippen LogP contribution in [0.3, 0.4) is 0 Å². The zero-order chi connectivity index (χ0) is 9.40. The van der Waals surface area contributed by atoms with E-state index in [1.165, 1.54) is 0 Å². The third-order valence-corrected chi connectivity index (χ3v) is 0.872. The molecule has 0 saturated carbocycles. The molecular weight excluding hydrogens is 158 g/mol. The molecule has 0 aromatic heterocycles. The predicted molar refractivity (Wildman–Crippen MR) is 43.4 cm³/mol. The second-order valence-electron chi connectivity index (χ2n) is 1.86. The molecule has 0 unspecified atom stereocenters. The minimum Gasteiger partial charge on any atom is -0.508 e. The van der Waals surface area contributed by atoms with E-state index in [1.807, 2.05) is 6.07 Å². The van der Waals surface area contributed by atoms with Crippen LogP contribution >= 0.6 is 0 Å².